The number of amides is 1. The lowest BCUT2D eigenvalue weighted by Crippen LogP contribution is -2.30. The third-order valence-corrected chi connectivity index (χ3v) is 8.96. The predicted octanol–water partition coefficient (Wildman–Crippen LogP) is 4.10. The second-order valence-electron chi connectivity index (χ2n) is 5.47. The number of carbonyl (C=O) groups excluding carboxylic acids is 2. The SMILES string of the molecule is CCN(CC)S(=O)(=O)c1ccc(NC(=O)COC(=O)c2cc(Br)c(Br)s2)cc1. The number of rotatable bonds is 8. The Balaban J connectivity index is 1.94. The predicted molar refractivity (Wildman–Crippen MR) is 115 cm³/mol. The summed E-state index contributed by atoms with van der Waals surface area (Å²) < 4.78 is 32.7. The first-order chi connectivity index (χ1) is 13.2. The molecule has 1 heterocycles. The molecule has 0 aliphatic carbocycles. The van der Waals surface area contributed by atoms with Crippen LogP contribution in [0.4, 0.5) is 5.69 Å². The summed E-state index contributed by atoms with van der Waals surface area (Å²) in [5, 5.41) is 2.56. The second-order valence-corrected chi connectivity index (χ2v) is 10.6. The standard InChI is InChI=1S/C17H18Br2N2O5S2/c1-3-21(4-2)28(24,25)12-7-5-11(6-8-12)20-15(22)10-26-17(23)14-9-13(18)16(19)27-14/h5-9H,3-4,10H2,1-2H3,(H,20,22). The number of hydrogen-bond acceptors (Lipinski definition) is 6. The molecule has 1 N–H and O–H groups in total. The molecule has 152 valence electrons. The minimum atomic E-state index is -3.56. The molecular weight excluding hydrogens is 536 g/mol. The Hall–Kier alpha value is -1.27. The van der Waals surface area contributed by atoms with Gasteiger partial charge in [-0.2, -0.15) is 4.31 Å². The van der Waals surface area contributed by atoms with E-state index < -0.39 is 28.5 Å². The van der Waals surface area contributed by atoms with Crippen LogP contribution in [0.5, 0.6) is 0 Å². The summed E-state index contributed by atoms with van der Waals surface area (Å²) in [6.45, 7) is 3.83. The largest absolute Gasteiger partial charge is 0.451 e. The maximum absolute atomic E-state index is 12.4. The topological polar surface area (TPSA) is 92.8 Å². The molecule has 0 atom stereocenters. The van der Waals surface area contributed by atoms with Crippen molar-refractivity contribution in [3.05, 3.63) is 43.5 Å². The number of halogens is 2. The molecule has 0 aliphatic heterocycles. The van der Waals surface area contributed by atoms with Gasteiger partial charge in [-0.1, -0.05) is 13.8 Å². The van der Waals surface area contributed by atoms with Gasteiger partial charge in [0.2, 0.25) is 10.0 Å². The smallest absolute Gasteiger partial charge is 0.348 e. The van der Waals surface area contributed by atoms with Crippen molar-refractivity contribution in [2.24, 2.45) is 0 Å². The third kappa shape index (κ3) is 5.63. The van der Waals surface area contributed by atoms with Crippen molar-refractivity contribution in [1.29, 1.82) is 0 Å². The van der Waals surface area contributed by atoms with Crippen molar-refractivity contribution in [2.45, 2.75) is 18.7 Å². The number of sulfonamides is 1. The molecule has 0 unspecified atom stereocenters. The van der Waals surface area contributed by atoms with Gasteiger partial charge in [0.05, 0.1) is 8.68 Å². The molecule has 0 aliphatic rings. The van der Waals surface area contributed by atoms with E-state index in [1.54, 1.807) is 19.9 Å². The molecule has 0 radical (unpaired) electrons. The Morgan fingerprint density at radius 1 is 1.14 bits per heavy atom. The van der Waals surface area contributed by atoms with E-state index in [-0.39, 0.29) is 4.90 Å². The molecule has 28 heavy (non-hydrogen) atoms. The first-order valence-corrected chi connectivity index (χ1v) is 12.0. The van der Waals surface area contributed by atoms with Crippen LogP contribution in [-0.2, 0) is 19.6 Å². The van der Waals surface area contributed by atoms with Crippen molar-refractivity contribution in [1.82, 2.24) is 4.31 Å². The lowest BCUT2D eigenvalue weighted by atomic mass is 10.3. The number of carbonyl (C=O) groups is 2. The molecule has 1 aromatic heterocycles. The van der Waals surface area contributed by atoms with Crippen molar-refractivity contribution in [3.8, 4) is 0 Å². The molecule has 0 fully saturated rings. The highest BCUT2D eigenvalue weighted by Gasteiger charge is 2.21. The summed E-state index contributed by atoms with van der Waals surface area (Å²) in [7, 11) is -3.56. The second kappa shape index (κ2) is 9.97. The van der Waals surface area contributed by atoms with Gasteiger partial charge in [-0.15, -0.1) is 11.3 Å². The van der Waals surface area contributed by atoms with E-state index in [1.165, 1.54) is 39.9 Å². The van der Waals surface area contributed by atoms with Gasteiger partial charge in [0, 0.05) is 23.2 Å². The van der Waals surface area contributed by atoms with Gasteiger partial charge in [0.15, 0.2) is 6.61 Å². The third-order valence-electron chi connectivity index (χ3n) is 3.66. The lowest BCUT2D eigenvalue weighted by Gasteiger charge is -2.18. The van der Waals surface area contributed by atoms with Gasteiger partial charge in [-0.05, 0) is 62.2 Å². The number of hydrogen-bond donors (Lipinski definition) is 1. The van der Waals surface area contributed by atoms with Crippen LogP contribution in [-0.4, -0.2) is 44.3 Å². The Morgan fingerprint density at radius 3 is 2.25 bits per heavy atom. The number of benzene rings is 1. The van der Waals surface area contributed by atoms with Crippen LogP contribution in [0.1, 0.15) is 23.5 Å². The molecule has 1 aromatic carbocycles. The maximum Gasteiger partial charge on any atom is 0.348 e. The van der Waals surface area contributed by atoms with Crippen molar-refractivity contribution in [3.63, 3.8) is 0 Å². The minimum absolute atomic E-state index is 0.148. The molecule has 7 nitrogen and oxygen atoms in total. The normalized spacial score (nSPS) is 11.5. The fraction of sp³-hybridized carbons (Fsp3) is 0.294. The summed E-state index contributed by atoms with van der Waals surface area (Å²) in [4.78, 5) is 24.4. The zero-order valence-electron chi connectivity index (χ0n) is 15.1. The van der Waals surface area contributed by atoms with E-state index in [0.29, 0.717) is 23.7 Å². The van der Waals surface area contributed by atoms with Crippen LogP contribution in [0.2, 0.25) is 0 Å². The highest BCUT2D eigenvalue weighted by molar-refractivity contribution is 9.13. The average molecular weight is 554 g/mol. The number of nitrogens with zero attached hydrogens (tertiary/aromatic N) is 1. The monoisotopic (exact) mass is 552 g/mol. The minimum Gasteiger partial charge on any atom is -0.451 e. The maximum atomic E-state index is 12.4. The average Bonchev–Trinajstić information content (AvgIpc) is 3.00. The lowest BCUT2D eigenvalue weighted by molar-refractivity contribution is -0.119. The summed E-state index contributed by atoms with van der Waals surface area (Å²) in [6.07, 6.45) is 0. The molecule has 0 saturated heterocycles. The number of anilines is 1. The molecule has 0 spiro atoms. The number of nitrogens with one attached hydrogen (secondary N) is 1. The summed E-state index contributed by atoms with van der Waals surface area (Å²) >= 11 is 7.75. The molecule has 1 amide bonds. The molecule has 2 aromatic rings. The van der Waals surface area contributed by atoms with E-state index in [2.05, 4.69) is 37.2 Å². The van der Waals surface area contributed by atoms with Crippen LogP contribution in [0.15, 0.2) is 43.5 Å². The van der Waals surface area contributed by atoms with Crippen LogP contribution in [0, 0.1) is 0 Å². The van der Waals surface area contributed by atoms with Crippen LogP contribution in [0.25, 0.3) is 0 Å². The Labute approximate surface area is 184 Å². The highest BCUT2D eigenvalue weighted by Crippen LogP contribution is 2.32. The van der Waals surface area contributed by atoms with E-state index in [9.17, 15) is 18.0 Å². The quantitative estimate of drug-likeness (QED) is 0.497. The van der Waals surface area contributed by atoms with Gasteiger partial charge in [0.1, 0.15) is 4.88 Å². The first-order valence-electron chi connectivity index (χ1n) is 8.21. The Morgan fingerprint density at radius 2 is 1.75 bits per heavy atom. The number of esters is 1. The van der Waals surface area contributed by atoms with Crippen LogP contribution in [0.3, 0.4) is 0 Å². The molecule has 11 heteroatoms. The zero-order valence-corrected chi connectivity index (χ0v) is 19.9. The van der Waals surface area contributed by atoms with E-state index in [4.69, 9.17) is 4.74 Å². The van der Waals surface area contributed by atoms with Gasteiger partial charge in [-0.3, -0.25) is 4.79 Å². The van der Waals surface area contributed by atoms with Gasteiger partial charge < -0.3 is 10.1 Å². The Bertz CT molecular complexity index is 935. The van der Waals surface area contributed by atoms with Crippen molar-refractivity contribution < 1.29 is 22.7 Å². The highest BCUT2D eigenvalue weighted by atomic mass is 79.9. The summed E-state index contributed by atoms with van der Waals surface area (Å²) in [5.41, 5.74) is 0.404. The van der Waals surface area contributed by atoms with E-state index >= 15 is 0 Å². The zero-order chi connectivity index (χ0) is 20.9. The molecule has 2 rings (SSSR count). The van der Waals surface area contributed by atoms with Crippen LogP contribution < -0.4 is 5.32 Å². The fourth-order valence-electron chi connectivity index (χ4n) is 2.27. The van der Waals surface area contributed by atoms with E-state index in [0.717, 1.165) is 8.26 Å². The van der Waals surface area contributed by atoms with Gasteiger partial charge in [0.25, 0.3) is 5.91 Å². The van der Waals surface area contributed by atoms with Gasteiger partial charge >= 0.3 is 5.97 Å². The molecule has 0 saturated carbocycles. The van der Waals surface area contributed by atoms with Crippen molar-refractivity contribution in [2.75, 3.05) is 25.0 Å². The fourth-order valence-corrected chi connectivity index (χ4v) is 5.66. The summed E-state index contributed by atoms with van der Waals surface area (Å²) in [5.74, 6) is -1.13. The number of thiophene rings is 1. The van der Waals surface area contributed by atoms with Crippen LogP contribution >= 0.6 is 43.2 Å². The summed E-state index contributed by atoms with van der Waals surface area (Å²) in [6, 6.07) is 7.43. The Kier molecular flexibility index (Phi) is 8.19. The van der Waals surface area contributed by atoms with E-state index in [1.807, 2.05) is 0 Å². The van der Waals surface area contributed by atoms with Gasteiger partial charge in [-0.25, -0.2) is 13.2 Å². The molecular formula is C17H18Br2N2O5S2. The first kappa shape index (κ1) is 23.0. The molecule has 0 bridgehead atoms. The number of ether oxygens (including phenoxy) is 1. The van der Waals surface area contributed by atoms with Crippen molar-refractivity contribution >= 4 is 70.8 Å².